The summed E-state index contributed by atoms with van der Waals surface area (Å²) in [4.78, 5) is 10.6. The molecule has 0 aliphatic heterocycles. The molecule has 0 aromatic heterocycles. The summed E-state index contributed by atoms with van der Waals surface area (Å²) in [5.41, 5.74) is 4.49. The minimum absolute atomic E-state index is 0.474. The number of nitriles is 1. The Balaban J connectivity index is 2.61. The number of primary amides is 1. The lowest BCUT2D eigenvalue weighted by Gasteiger charge is -2.28. The van der Waals surface area contributed by atoms with Crippen molar-refractivity contribution in [3.05, 3.63) is 6.42 Å². The summed E-state index contributed by atoms with van der Waals surface area (Å²) in [5, 5.41) is 8.90. The minimum Gasteiger partial charge on any atom is -0.369 e. The normalized spacial score (nSPS) is 21.2. The van der Waals surface area contributed by atoms with Crippen LogP contribution in [0.4, 0.5) is 0 Å². The van der Waals surface area contributed by atoms with Crippen LogP contribution in [0.3, 0.4) is 0 Å². The predicted octanol–water partition coefficient (Wildman–Crippen LogP) is 1.15. The number of hydrogen-bond donors (Lipinski definition) is 1. The maximum absolute atomic E-state index is 10.6. The second-order valence-electron chi connectivity index (χ2n) is 3.38. The summed E-state index contributed by atoms with van der Waals surface area (Å²) in [6.07, 6.45) is 6.16. The van der Waals surface area contributed by atoms with Crippen LogP contribution in [0.5, 0.6) is 0 Å². The molecule has 2 N–H and O–H groups in total. The highest BCUT2D eigenvalue weighted by atomic mass is 16.1. The highest BCUT2D eigenvalue weighted by molar-refractivity contribution is 5.84. The minimum atomic E-state index is -0.552. The molecule has 0 spiro atoms. The van der Waals surface area contributed by atoms with Gasteiger partial charge in [0.2, 0.25) is 5.91 Å². The van der Waals surface area contributed by atoms with Crippen molar-refractivity contribution < 1.29 is 4.79 Å². The van der Waals surface area contributed by atoms with Crippen LogP contribution in [-0.4, -0.2) is 5.91 Å². The molecule has 1 aliphatic carbocycles. The van der Waals surface area contributed by atoms with E-state index in [0.29, 0.717) is 0 Å². The molecule has 0 saturated heterocycles. The van der Waals surface area contributed by atoms with E-state index in [-0.39, 0.29) is 0 Å². The van der Waals surface area contributed by atoms with Crippen LogP contribution in [0, 0.1) is 23.2 Å². The van der Waals surface area contributed by atoms with Gasteiger partial charge in [0, 0.05) is 0 Å². The number of nitrogens with two attached hydrogens (primary N) is 1. The first-order valence-corrected chi connectivity index (χ1v) is 4.25. The average Bonchev–Trinajstić information content (AvgIpc) is 2.05. The van der Waals surface area contributed by atoms with Crippen LogP contribution in [0.1, 0.15) is 32.1 Å². The Bertz CT molecular complexity index is 211. The predicted molar refractivity (Wildman–Crippen MR) is 44.6 cm³/mol. The lowest BCUT2D eigenvalue weighted by molar-refractivity contribution is -0.116. The summed E-state index contributed by atoms with van der Waals surface area (Å²) < 4.78 is 0. The van der Waals surface area contributed by atoms with E-state index in [1.807, 2.05) is 0 Å². The first-order chi connectivity index (χ1) is 5.68. The van der Waals surface area contributed by atoms with Crippen LogP contribution in [0.15, 0.2) is 0 Å². The van der Waals surface area contributed by atoms with Gasteiger partial charge >= 0.3 is 0 Å². The maximum Gasteiger partial charge on any atom is 0.223 e. The Kier molecular flexibility index (Phi) is 2.69. The molecule has 1 rings (SSSR count). The molecule has 0 aromatic carbocycles. The van der Waals surface area contributed by atoms with Gasteiger partial charge in [-0.15, -0.1) is 0 Å². The van der Waals surface area contributed by atoms with E-state index in [9.17, 15) is 4.79 Å². The van der Waals surface area contributed by atoms with E-state index in [0.717, 1.165) is 32.1 Å². The Hall–Kier alpha value is -1.04. The lowest BCUT2D eigenvalue weighted by Crippen LogP contribution is -2.29. The second kappa shape index (κ2) is 3.57. The molecule has 0 atom stereocenters. The van der Waals surface area contributed by atoms with Gasteiger partial charge in [-0.1, -0.05) is 19.3 Å². The number of amides is 1. The monoisotopic (exact) mass is 165 g/mol. The van der Waals surface area contributed by atoms with Gasteiger partial charge in [-0.25, -0.2) is 0 Å². The molecular formula is C9H13N2O. The lowest BCUT2D eigenvalue weighted by atomic mass is 9.73. The molecule has 0 unspecified atom stereocenters. The van der Waals surface area contributed by atoms with Gasteiger partial charge in [-0.05, 0) is 12.8 Å². The maximum atomic E-state index is 10.6. The molecule has 12 heavy (non-hydrogen) atoms. The highest BCUT2D eigenvalue weighted by Gasteiger charge is 2.33. The van der Waals surface area contributed by atoms with Gasteiger partial charge in [-0.3, -0.25) is 4.79 Å². The van der Waals surface area contributed by atoms with Crippen molar-refractivity contribution in [2.75, 3.05) is 0 Å². The number of nitrogens with zero attached hydrogens (tertiary/aromatic N) is 1. The fourth-order valence-corrected chi connectivity index (χ4v) is 1.74. The number of rotatable bonds is 2. The summed E-state index contributed by atoms with van der Waals surface area (Å²) in [6, 6.07) is 2.19. The molecule has 0 aromatic rings. The van der Waals surface area contributed by atoms with Crippen molar-refractivity contribution in [2.24, 2.45) is 11.1 Å². The van der Waals surface area contributed by atoms with Crippen LogP contribution in [-0.2, 0) is 4.79 Å². The van der Waals surface area contributed by atoms with E-state index in [1.165, 1.54) is 6.42 Å². The van der Waals surface area contributed by atoms with Gasteiger partial charge in [-0.2, -0.15) is 5.26 Å². The number of hydrogen-bond acceptors (Lipinski definition) is 2. The first kappa shape index (κ1) is 9.05. The van der Waals surface area contributed by atoms with Crippen molar-refractivity contribution >= 4 is 5.91 Å². The molecule has 0 bridgehead atoms. The van der Waals surface area contributed by atoms with Crippen molar-refractivity contribution in [2.45, 2.75) is 32.1 Å². The number of carbonyl (C=O) groups excluding carboxylic acids is 1. The Morgan fingerprint density at radius 3 is 2.42 bits per heavy atom. The fourth-order valence-electron chi connectivity index (χ4n) is 1.74. The van der Waals surface area contributed by atoms with E-state index < -0.39 is 11.3 Å². The van der Waals surface area contributed by atoms with E-state index in [2.05, 4.69) is 6.07 Å². The smallest absolute Gasteiger partial charge is 0.223 e. The zero-order valence-electron chi connectivity index (χ0n) is 7.05. The van der Waals surface area contributed by atoms with Gasteiger partial charge < -0.3 is 5.73 Å². The largest absolute Gasteiger partial charge is 0.369 e. The van der Waals surface area contributed by atoms with Gasteiger partial charge in [0.15, 0.2) is 0 Å². The van der Waals surface area contributed by atoms with E-state index in [1.54, 1.807) is 0 Å². The molecule has 1 amide bonds. The topological polar surface area (TPSA) is 66.9 Å². The molecule has 1 saturated carbocycles. The third-order valence-electron chi connectivity index (χ3n) is 2.39. The molecule has 65 valence electrons. The molecular weight excluding hydrogens is 152 g/mol. The molecule has 1 aliphatic rings. The third-order valence-corrected chi connectivity index (χ3v) is 2.39. The Morgan fingerprint density at radius 2 is 2.00 bits per heavy atom. The molecule has 3 heteroatoms. The van der Waals surface area contributed by atoms with Crippen LogP contribution in [0.25, 0.3) is 0 Å². The van der Waals surface area contributed by atoms with Gasteiger partial charge in [0.1, 0.15) is 0 Å². The SMILES string of the molecule is N#CC1([CH]C(N)=O)CCCCC1. The zero-order valence-corrected chi connectivity index (χ0v) is 7.05. The molecule has 0 heterocycles. The van der Waals surface area contributed by atoms with Gasteiger partial charge in [0.25, 0.3) is 0 Å². The standard InChI is InChI=1S/C9H13N2O/c10-7-9(6-8(11)12)4-2-1-3-5-9/h6H,1-5H2,(H2,11,12). The fraction of sp³-hybridized carbons (Fsp3) is 0.667. The Labute approximate surface area is 72.5 Å². The van der Waals surface area contributed by atoms with Crippen molar-refractivity contribution in [1.82, 2.24) is 0 Å². The summed E-state index contributed by atoms with van der Waals surface area (Å²) >= 11 is 0. The summed E-state index contributed by atoms with van der Waals surface area (Å²) in [7, 11) is 0. The van der Waals surface area contributed by atoms with Crippen molar-refractivity contribution in [3.8, 4) is 6.07 Å². The first-order valence-electron chi connectivity index (χ1n) is 4.25. The van der Waals surface area contributed by atoms with Crippen LogP contribution < -0.4 is 5.73 Å². The van der Waals surface area contributed by atoms with Crippen LogP contribution >= 0.6 is 0 Å². The average molecular weight is 165 g/mol. The van der Waals surface area contributed by atoms with E-state index >= 15 is 0 Å². The van der Waals surface area contributed by atoms with Crippen LogP contribution in [0.2, 0.25) is 0 Å². The van der Waals surface area contributed by atoms with E-state index in [4.69, 9.17) is 11.0 Å². The highest BCUT2D eigenvalue weighted by Crippen LogP contribution is 2.37. The summed E-state index contributed by atoms with van der Waals surface area (Å²) in [5.74, 6) is -0.474. The zero-order chi connectivity index (χ0) is 9.03. The van der Waals surface area contributed by atoms with Crippen molar-refractivity contribution in [1.29, 1.82) is 5.26 Å². The number of carbonyl (C=O) groups is 1. The van der Waals surface area contributed by atoms with Gasteiger partial charge in [0.05, 0.1) is 17.9 Å². The molecule has 3 nitrogen and oxygen atoms in total. The quantitative estimate of drug-likeness (QED) is 0.667. The molecule has 1 fully saturated rings. The molecule has 1 radical (unpaired) electrons. The Morgan fingerprint density at radius 1 is 1.42 bits per heavy atom. The second-order valence-corrected chi connectivity index (χ2v) is 3.38. The summed E-state index contributed by atoms with van der Waals surface area (Å²) in [6.45, 7) is 0. The van der Waals surface area contributed by atoms with Crippen molar-refractivity contribution in [3.63, 3.8) is 0 Å². The third kappa shape index (κ3) is 1.97.